The van der Waals surface area contributed by atoms with Gasteiger partial charge >= 0.3 is 5.97 Å². The molecule has 0 aliphatic carbocycles. The third-order valence-corrected chi connectivity index (χ3v) is 3.24. The molecule has 1 aromatic rings. The molecule has 18 heavy (non-hydrogen) atoms. The lowest BCUT2D eigenvalue weighted by Gasteiger charge is -2.21. The second-order valence-corrected chi connectivity index (χ2v) is 4.66. The van der Waals surface area contributed by atoms with Crippen LogP contribution < -0.4 is 10.1 Å². The van der Waals surface area contributed by atoms with Crippen molar-refractivity contribution in [3.8, 4) is 5.75 Å². The van der Waals surface area contributed by atoms with Gasteiger partial charge in [-0.1, -0.05) is 6.07 Å². The number of rotatable bonds is 4. The Morgan fingerprint density at radius 2 is 2.17 bits per heavy atom. The van der Waals surface area contributed by atoms with Gasteiger partial charge in [0.2, 0.25) is 0 Å². The van der Waals surface area contributed by atoms with Gasteiger partial charge < -0.3 is 10.1 Å². The van der Waals surface area contributed by atoms with Crippen molar-refractivity contribution in [2.45, 2.75) is 25.7 Å². The smallest absolute Gasteiger partial charge is 0.311 e. The van der Waals surface area contributed by atoms with Crippen LogP contribution in [0.4, 0.5) is 4.39 Å². The first kappa shape index (κ1) is 13.0. The molecule has 1 heterocycles. The maximum Gasteiger partial charge on any atom is 0.311 e. The highest BCUT2D eigenvalue weighted by molar-refractivity contribution is 5.72. The molecule has 98 valence electrons. The van der Waals surface area contributed by atoms with E-state index in [1.165, 1.54) is 18.2 Å². The van der Waals surface area contributed by atoms with Crippen LogP contribution in [0.3, 0.4) is 0 Å². The number of carbonyl (C=O) groups excluding carboxylic acids is 1. The fourth-order valence-electron chi connectivity index (χ4n) is 2.21. The van der Waals surface area contributed by atoms with Gasteiger partial charge in [-0.25, -0.2) is 4.39 Å². The Balaban J connectivity index is 1.74. The maximum atomic E-state index is 12.9. The molecule has 1 aromatic carbocycles. The Hall–Kier alpha value is -1.42. The van der Waals surface area contributed by atoms with Crippen LogP contribution in [0.1, 0.15) is 25.7 Å². The van der Waals surface area contributed by atoms with Crippen molar-refractivity contribution in [1.82, 2.24) is 5.32 Å². The molecule has 1 fully saturated rings. The number of hydrogen-bond acceptors (Lipinski definition) is 3. The first-order valence-electron chi connectivity index (χ1n) is 6.41. The Morgan fingerprint density at radius 3 is 2.89 bits per heavy atom. The molecule has 0 saturated carbocycles. The molecule has 0 radical (unpaired) electrons. The van der Waals surface area contributed by atoms with E-state index in [1.807, 2.05) is 0 Å². The van der Waals surface area contributed by atoms with Gasteiger partial charge in [0.05, 0.1) is 0 Å². The molecule has 0 amide bonds. The molecule has 0 unspecified atom stereocenters. The first-order valence-corrected chi connectivity index (χ1v) is 6.41. The number of halogens is 1. The fourth-order valence-corrected chi connectivity index (χ4v) is 2.21. The van der Waals surface area contributed by atoms with Crippen molar-refractivity contribution >= 4 is 5.97 Å². The molecule has 0 bridgehead atoms. The third-order valence-electron chi connectivity index (χ3n) is 3.24. The number of esters is 1. The lowest BCUT2D eigenvalue weighted by atomic mass is 9.93. The minimum absolute atomic E-state index is 0.279. The summed E-state index contributed by atoms with van der Waals surface area (Å²) in [5.74, 6) is 0.217. The predicted molar refractivity (Wildman–Crippen MR) is 66.9 cm³/mol. The van der Waals surface area contributed by atoms with Gasteiger partial charge in [0.25, 0.3) is 0 Å². The average Bonchev–Trinajstić information content (AvgIpc) is 2.38. The van der Waals surface area contributed by atoms with Crippen molar-refractivity contribution < 1.29 is 13.9 Å². The van der Waals surface area contributed by atoms with Gasteiger partial charge in [0, 0.05) is 12.5 Å². The quantitative estimate of drug-likeness (QED) is 0.660. The topological polar surface area (TPSA) is 38.3 Å². The van der Waals surface area contributed by atoms with Crippen molar-refractivity contribution in [3.63, 3.8) is 0 Å². The normalized spacial score (nSPS) is 16.5. The van der Waals surface area contributed by atoms with E-state index in [-0.39, 0.29) is 11.7 Å². The SMILES string of the molecule is O=C(CCC1CCNCC1)Oc1cccc(F)c1. The zero-order valence-corrected chi connectivity index (χ0v) is 10.3. The van der Waals surface area contributed by atoms with Crippen molar-refractivity contribution in [2.24, 2.45) is 5.92 Å². The van der Waals surface area contributed by atoms with Crippen molar-refractivity contribution in [2.75, 3.05) is 13.1 Å². The number of ether oxygens (including phenoxy) is 1. The number of piperidine rings is 1. The summed E-state index contributed by atoms with van der Waals surface area (Å²) in [6.07, 6.45) is 3.50. The van der Waals surface area contributed by atoms with E-state index in [2.05, 4.69) is 5.32 Å². The maximum absolute atomic E-state index is 12.9. The Bertz CT molecular complexity index is 403. The van der Waals surface area contributed by atoms with E-state index in [1.54, 1.807) is 6.07 Å². The standard InChI is InChI=1S/C14H18FNO2/c15-12-2-1-3-13(10-12)18-14(17)5-4-11-6-8-16-9-7-11/h1-3,10-11,16H,4-9H2. The van der Waals surface area contributed by atoms with Gasteiger partial charge in [0.15, 0.2) is 0 Å². The van der Waals surface area contributed by atoms with Gasteiger partial charge in [-0.3, -0.25) is 4.79 Å². The van der Waals surface area contributed by atoms with Gasteiger partial charge in [0.1, 0.15) is 11.6 Å². The molecule has 1 saturated heterocycles. The second kappa shape index (κ2) is 6.50. The highest BCUT2D eigenvalue weighted by Crippen LogP contribution is 2.19. The number of benzene rings is 1. The zero-order chi connectivity index (χ0) is 12.8. The van der Waals surface area contributed by atoms with E-state index in [4.69, 9.17) is 4.74 Å². The Labute approximate surface area is 106 Å². The molecule has 1 aliphatic heterocycles. The molecule has 1 N–H and O–H groups in total. The first-order chi connectivity index (χ1) is 8.74. The summed E-state index contributed by atoms with van der Waals surface area (Å²) in [6, 6.07) is 5.67. The molecule has 0 aromatic heterocycles. The molecular weight excluding hydrogens is 233 g/mol. The van der Waals surface area contributed by atoms with E-state index in [0.717, 1.165) is 32.4 Å². The van der Waals surface area contributed by atoms with E-state index in [0.29, 0.717) is 12.3 Å². The summed E-state index contributed by atoms with van der Waals surface area (Å²) in [5.41, 5.74) is 0. The van der Waals surface area contributed by atoms with Gasteiger partial charge in [-0.05, 0) is 50.4 Å². The Kier molecular flexibility index (Phi) is 4.70. The second-order valence-electron chi connectivity index (χ2n) is 4.66. The lowest BCUT2D eigenvalue weighted by Crippen LogP contribution is -2.28. The molecule has 0 spiro atoms. The molecule has 4 heteroatoms. The third kappa shape index (κ3) is 4.11. The summed E-state index contributed by atoms with van der Waals surface area (Å²) in [6.45, 7) is 2.06. The van der Waals surface area contributed by atoms with E-state index in [9.17, 15) is 9.18 Å². The van der Waals surface area contributed by atoms with Crippen LogP contribution >= 0.6 is 0 Å². The summed E-state index contributed by atoms with van der Waals surface area (Å²) in [5, 5.41) is 3.29. The molecule has 0 atom stereocenters. The summed E-state index contributed by atoms with van der Waals surface area (Å²) in [7, 11) is 0. The number of nitrogens with one attached hydrogen (secondary N) is 1. The van der Waals surface area contributed by atoms with Crippen molar-refractivity contribution in [3.05, 3.63) is 30.1 Å². The number of carbonyl (C=O) groups is 1. The molecular formula is C14H18FNO2. The van der Waals surface area contributed by atoms with Crippen LogP contribution in [0.2, 0.25) is 0 Å². The highest BCUT2D eigenvalue weighted by atomic mass is 19.1. The minimum atomic E-state index is -0.390. The van der Waals surface area contributed by atoms with Crippen molar-refractivity contribution in [1.29, 1.82) is 0 Å². The lowest BCUT2D eigenvalue weighted by molar-refractivity contribution is -0.134. The van der Waals surface area contributed by atoms with Crippen LogP contribution in [0.15, 0.2) is 24.3 Å². The fraction of sp³-hybridized carbons (Fsp3) is 0.500. The summed E-state index contributed by atoms with van der Waals surface area (Å²) < 4.78 is 18.0. The highest BCUT2D eigenvalue weighted by Gasteiger charge is 2.15. The molecule has 2 rings (SSSR count). The van der Waals surface area contributed by atoms with E-state index >= 15 is 0 Å². The monoisotopic (exact) mass is 251 g/mol. The van der Waals surface area contributed by atoms with E-state index < -0.39 is 5.82 Å². The molecule has 1 aliphatic rings. The average molecular weight is 251 g/mol. The zero-order valence-electron chi connectivity index (χ0n) is 10.3. The van der Waals surface area contributed by atoms with Crippen LogP contribution in [-0.2, 0) is 4.79 Å². The minimum Gasteiger partial charge on any atom is -0.426 e. The summed E-state index contributed by atoms with van der Waals surface area (Å²) >= 11 is 0. The summed E-state index contributed by atoms with van der Waals surface area (Å²) in [4.78, 5) is 11.6. The van der Waals surface area contributed by atoms with Crippen LogP contribution in [0.25, 0.3) is 0 Å². The van der Waals surface area contributed by atoms with Crippen LogP contribution in [-0.4, -0.2) is 19.1 Å². The van der Waals surface area contributed by atoms with Crippen LogP contribution in [0, 0.1) is 11.7 Å². The molecule has 3 nitrogen and oxygen atoms in total. The van der Waals surface area contributed by atoms with Crippen LogP contribution in [0.5, 0.6) is 5.75 Å². The predicted octanol–water partition coefficient (Wildman–Crippen LogP) is 2.51. The van der Waals surface area contributed by atoms with Gasteiger partial charge in [-0.15, -0.1) is 0 Å². The number of hydrogen-bond donors (Lipinski definition) is 1. The van der Waals surface area contributed by atoms with Gasteiger partial charge in [-0.2, -0.15) is 0 Å². The Morgan fingerprint density at radius 1 is 1.39 bits per heavy atom. The largest absolute Gasteiger partial charge is 0.426 e.